The molecule has 6 nitrogen and oxygen atoms in total. The summed E-state index contributed by atoms with van der Waals surface area (Å²) < 4.78 is 5.16. The fourth-order valence-corrected chi connectivity index (χ4v) is 1.24. The Labute approximate surface area is 97.6 Å². The maximum absolute atomic E-state index is 11.3. The summed E-state index contributed by atoms with van der Waals surface area (Å²) >= 11 is 0. The van der Waals surface area contributed by atoms with Gasteiger partial charge in [0.05, 0.1) is 6.20 Å². The van der Waals surface area contributed by atoms with Crippen LogP contribution in [-0.2, 0) is 4.79 Å². The lowest BCUT2D eigenvalue weighted by molar-refractivity contribution is -0.123. The van der Waals surface area contributed by atoms with Gasteiger partial charge in [-0.3, -0.25) is 4.79 Å². The normalized spacial score (nSPS) is 14.1. The van der Waals surface area contributed by atoms with Crippen LogP contribution >= 0.6 is 0 Å². The fourth-order valence-electron chi connectivity index (χ4n) is 1.24. The van der Waals surface area contributed by atoms with Gasteiger partial charge in [0, 0.05) is 6.04 Å². The Morgan fingerprint density at radius 3 is 2.76 bits per heavy atom. The summed E-state index contributed by atoms with van der Waals surface area (Å²) in [6, 6.07) is 3.11. The van der Waals surface area contributed by atoms with Crippen LogP contribution < -0.4 is 10.1 Å². The summed E-state index contributed by atoms with van der Waals surface area (Å²) in [6.07, 6.45) is 3.34. The van der Waals surface area contributed by atoms with Crippen LogP contribution in [0.15, 0.2) is 18.3 Å². The van der Waals surface area contributed by atoms with Crippen LogP contribution in [0, 0.1) is 0 Å². The molecule has 1 aliphatic carbocycles. The molecule has 0 bridgehead atoms. The average molecular weight is 236 g/mol. The molecule has 1 aliphatic rings. The zero-order valence-corrected chi connectivity index (χ0v) is 9.05. The molecule has 1 fully saturated rings. The Bertz CT molecular complexity index is 426. The highest BCUT2D eigenvalue weighted by molar-refractivity contribution is 5.85. The number of nitrogens with zero attached hydrogens (tertiary/aromatic N) is 1. The third-order valence-electron chi connectivity index (χ3n) is 2.27. The standard InChI is InChI=1S/C11H12N2O4/c14-10(13-7-1-2-7)6-17-8-3-4-9(11(15)16)12-5-8/h3-5,7H,1-2,6H2,(H,13,14)(H,15,16). The first-order chi connectivity index (χ1) is 8.15. The predicted octanol–water partition coefficient (Wildman–Crippen LogP) is 0.437. The Kier molecular flexibility index (Phi) is 3.22. The van der Waals surface area contributed by atoms with Gasteiger partial charge < -0.3 is 15.2 Å². The van der Waals surface area contributed by atoms with E-state index in [0.717, 1.165) is 12.8 Å². The van der Waals surface area contributed by atoms with Crippen LogP contribution in [0.2, 0.25) is 0 Å². The van der Waals surface area contributed by atoms with Crippen LogP contribution in [-0.4, -0.2) is 34.6 Å². The van der Waals surface area contributed by atoms with E-state index in [1.54, 1.807) is 0 Å². The molecule has 1 amide bonds. The highest BCUT2D eigenvalue weighted by atomic mass is 16.5. The van der Waals surface area contributed by atoms with E-state index in [1.807, 2.05) is 0 Å². The number of ether oxygens (including phenoxy) is 1. The summed E-state index contributed by atoms with van der Waals surface area (Å²) in [7, 11) is 0. The molecule has 1 heterocycles. The zero-order chi connectivity index (χ0) is 12.3. The van der Waals surface area contributed by atoms with E-state index in [2.05, 4.69) is 10.3 Å². The Morgan fingerprint density at radius 1 is 1.47 bits per heavy atom. The van der Waals surface area contributed by atoms with E-state index in [1.165, 1.54) is 18.3 Å². The number of aromatic nitrogens is 1. The van der Waals surface area contributed by atoms with Crippen molar-refractivity contribution in [2.24, 2.45) is 0 Å². The molecular formula is C11H12N2O4. The summed E-state index contributed by atoms with van der Waals surface area (Å²) in [4.78, 5) is 25.5. The van der Waals surface area contributed by atoms with Crippen molar-refractivity contribution in [2.45, 2.75) is 18.9 Å². The number of hydrogen-bond acceptors (Lipinski definition) is 4. The third-order valence-corrected chi connectivity index (χ3v) is 2.27. The molecule has 0 aliphatic heterocycles. The number of nitrogens with one attached hydrogen (secondary N) is 1. The van der Waals surface area contributed by atoms with E-state index in [4.69, 9.17) is 9.84 Å². The van der Waals surface area contributed by atoms with Gasteiger partial charge in [-0.15, -0.1) is 0 Å². The molecule has 2 rings (SSSR count). The van der Waals surface area contributed by atoms with Gasteiger partial charge in [-0.05, 0) is 25.0 Å². The zero-order valence-electron chi connectivity index (χ0n) is 9.05. The van der Waals surface area contributed by atoms with Gasteiger partial charge in [0.15, 0.2) is 6.61 Å². The molecule has 90 valence electrons. The predicted molar refractivity (Wildman–Crippen MR) is 57.9 cm³/mol. The first-order valence-electron chi connectivity index (χ1n) is 5.26. The van der Waals surface area contributed by atoms with Gasteiger partial charge in [-0.1, -0.05) is 0 Å². The van der Waals surface area contributed by atoms with Crippen molar-refractivity contribution in [3.8, 4) is 5.75 Å². The van der Waals surface area contributed by atoms with Crippen LogP contribution in [0.25, 0.3) is 0 Å². The highest BCUT2D eigenvalue weighted by Crippen LogP contribution is 2.18. The van der Waals surface area contributed by atoms with Gasteiger partial charge >= 0.3 is 5.97 Å². The molecule has 0 atom stereocenters. The van der Waals surface area contributed by atoms with Gasteiger partial charge in [0.25, 0.3) is 5.91 Å². The molecular weight excluding hydrogens is 224 g/mol. The smallest absolute Gasteiger partial charge is 0.354 e. The summed E-state index contributed by atoms with van der Waals surface area (Å²) in [6.45, 7) is -0.0788. The fraction of sp³-hybridized carbons (Fsp3) is 0.364. The molecule has 17 heavy (non-hydrogen) atoms. The van der Waals surface area contributed by atoms with E-state index in [-0.39, 0.29) is 18.2 Å². The van der Waals surface area contributed by atoms with Crippen molar-refractivity contribution in [3.05, 3.63) is 24.0 Å². The molecule has 6 heteroatoms. The molecule has 2 N–H and O–H groups in total. The number of carbonyl (C=O) groups is 2. The Hall–Kier alpha value is -2.11. The second-order valence-corrected chi connectivity index (χ2v) is 3.81. The van der Waals surface area contributed by atoms with Gasteiger partial charge in [0.2, 0.25) is 0 Å². The SMILES string of the molecule is O=C(COc1ccc(C(=O)O)nc1)NC1CC1. The highest BCUT2D eigenvalue weighted by Gasteiger charge is 2.23. The first-order valence-corrected chi connectivity index (χ1v) is 5.26. The van der Waals surface area contributed by atoms with Gasteiger partial charge in [0.1, 0.15) is 11.4 Å². The second-order valence-electron chi connectivity index (χ2n) is 3.81. The van der Waals surface area contributed by atoms with Crippen molar-refractivity contribution < 1.29 is 19.4 Å². The number of rotatable bonds is 5. The molecule has 0 unspecified atom stereocenters. The first kappa shape index (κ1) is 11.4. The lowest BCUT2D eigenvalue weighted by atomic mass is 10.3. The minimum Gasteiger partial charge on any atom is -0.482 e. The largest absolute Gasteiger partial charge is 0.482 e. The van der Waals surface area contributed by atoms with E-state index < -0.39 is 5.97 Å². The topological polar surface area (TPSA) is 88.5 Å². The van der Waals surface area contributed by atoms with Gasteiger partial charge in [-0.2, -0.15) is 0 Å². The van der Waals surface area contributed by atoms with Crippen molar-refractivity contribution in [1.29, 1.82) is 0 Å². The minimum atomic E-state index is -1.09. The summed E-state index contributed by atoms with van der Waals surface area (Å²) in [5.41, 5.74) is -0.0558. The molecule has 0 radical (unpaired) electrons. The van der Waals surface area contributed by atoms with Crippen LogP contribution in [0.5, 0.6) is 5.75 Å². The number of hydrogen-bond donors (Lipinski definition) is 2. The number of pyridine rings is 1. The molecule has 1 aromatic heterocycles. The van der Waals surface area contributed by atoms with Crippen LogP contribution in [0.3, 0.4) is 0 Å². The number of carboxylic acids is 1. The number of carbonyl (C=O) groups excluding carboxylic acids is 1. The van der Waals surface area contributed by atoms with Crippen molar-refractivity contribution >= 4 is 11.9 Å². The van der Waals surface area contributed by atoms with E-state index in [0.29, 0.717) is 11.8 Å². The number of carboxylic acid groups (broad SMARTS) is 1. The van der Waals surface area contributed by atoms with E-state index >= 15 is 0 Å². The second kappa shape index (κ2) is 4.82. The molecule has 0 spiro atoms. The van der Waals surface area contributed by atoms with E-state index in [9.17, 15) is 9.59 Å². The summed E-state index contributed by atoms with van der Waals surface area (Å²) in [5, 5.41) is 11.4. The average Bonchev–Trinajstić information content (AvgIpc) is 3.11. The monoisotopic (exact) mass is 236 g/mol. The molecule has 1 saturated carbocycles. The van der Waals surface area contributed by atoms with Crippen molar-refractivity contribution in [1.82, 2.24) is 10.3 Å². The maximum atomic E-state index is 11.3. The number of aromatic carboxylic acids is 1. The lowest BCUT2D eigenvalue weighted by Crippen LogP contribution is -2.30. The van der Waals surface area contributed by atoms with Crippen molar-refractivity contribution in [2.75, 3.05) is 6.61 Å². The molecule has 0 aromatic carbocycles. The maximum Gasteiger partial charge on any atom is 0.354 e. The van der Waals surface area contributed by atoms with Crippen molar-refractivity contribution in [3.63, 3.8) is 0 Å². The summed E-state index contributed by atoms with van der Waals surface area (Å²) in [5.74, 6) is -0.890. The third kappa shape index (κ3) is 3.44. The Balaban J connectivity index is 1.81. The molecule has 1 aromatic rings. The quantitative estimate of drug-likeness (QED) is 0.774. The minimum absolute atomic E-state index is 0.0558. The molecule has 0 saturated heterocycles. The Morgan fingerprint density at radius 2 is 2.24 bits per heavy atom. The van der Waals surface area contributed by atoms with Crippen LogP contribution in [0.1, 0.15) is 23.3 Å². The van der Waals surface area contributed by atoms with Crippen LogP contribution in [0.4, 0.5) is 0 Å². The number of amides is 1. The lowest BCUT2D eigenvalue weighted by Gasteiger charge is -2.06. The van der Waals surface area contributed by atoms with Gasteiger partial charge in [-0.25, -0.2) is 9.78 Å².